The molecule has 0 saturated carbocycles. The van der Waals surface area contributed by atoms with Crippen LogP contribution in [0, 0.1) is 0 Å². The zero-order chi connectivity index (χ0) is 25.9. The summed E-state index contributed by atoms with van der Waals surface area (Å²) < 4.78 is 12.5. The van der Waals surface area contributed by atoms with Gasteiger partial charge >= 0.3 is 0 Å². The van der Waals surface area contributed by atoms with Gasteiger partial charge in [-0.25, -0.2) is 0 Å². The van der Waals surface area contributed by atoms with Crippen LogP contribution < -0.4 is 0 Å². The van der Waals surface area contributed by atoms with Gasteiger partial charge in [-0.15, -0.1) is 10.2 Å². The first-order valence-electron chi connectivity index (χ1n) is 13.7. The Morgan fingerprint density at radius 2 is 1.21 bits per heavy atom. The normalized spacial score (nSPS) is 11.5. The molecule has 0 amide bonds. The standard InChI is InChI=1S/C34H32N2O2/c1-3-5-10-23-14-19-31-29(20-23)30-22-24(11-6-4-2)21-28(32(30)37-31)25-15-17-27(18-16-25)34-36-35-33(38-34)26-12-8-7-9-13-26/h7-9,12-22H,3-6,10-11H2,1-2H3. The molecule has 4 nitrogen and oxygen atoms in total. The summed E-state index contributed by atoms with van der Waals surface area (Å²) in [5.41, 5.74) is 8.68. The van der Waals surface area contributed by atoms with Crippen molar-refractivity contribution in [3.63, 3.8) is 0 Å². The number of fused-ring (bicyclic) bond motifs is 3. The average Bonchev–Trinajstić information content (AvgIpc) is 3.61. The van der Waals surface area contributed by atoms with Gasteiger partial charge in [0.2, 0.25) is 11.8 Å². The summed E-state index contributed by atoms with van der Waals surface area (Å²) in [6, 6.07) is 29.5. The summed E-state index contributed by atoms with van der Waals surface area (Å²) in [6.45, 7) is 4.48. The molecule has 0 aliphatic rings. The van der Waals surface area contributed by atoms with Crippen LogP contribution in [0.2, 0.25) is 0 Å². The van der Waals surface area contributed by atoms with Crippen LogP contribution in [-0.4, -0.2) is 10.2 Å². The Hall–Kier alpha value is -4.18. The molecule has 0 unspecified atom stereocenters. The lowest BCUT2D eigenvalue weighted by Crippen LogP contribution is -1.88. The minimum absolute atomic E-state index is 0.514. The molecule has 2 heterocycles. The summed E-state index contributed by atoms with van der Waals surface area (Å²) in [4.78, 5) is 0. The molecule has 2 aromatic heterocycles. The fourth-order valence-electron chi connectivity index (χ4n) is 5.09. The quantitative estimate of drug-likeness (QED) is 0.198. The van der Waals surface area contributed by atoms with Crippen molar-refractivity contribution >= 4 is 21.9 Å². The molecule has 6 aromatic rings. The van der Waals surface area contributed by atoms with E-state index in [1.165, 1.54) is 47.6 Å². The van der Waals surface area contributed by atoms with Crippen molar-refractivity contribution in [2.45, 2.75) is 52.4 Å². The summed E-state index contributed by atoms with van der Waals surface area (Å²) in [5, 5.41) is 10.9. The van der Waals surface area contributed by atoms with Gasteiger partial charge in [0, 0.05) is 27.5 Å². The highest BCUT2D eigenvalue weighted by Crippen LogP contribution is 2.38. The van der Waals surface area contributed by atoms with Gasteiger partial charge in [-0.3, -0.25) is 0 Å². The number of furan rings is 1. The molecule has 0 atom stereocenters. The van der Waals surface area contributed by atoms with E-state index in [0.717, 1.165) is 46.3 Å². The minimum atomic E-state index is 0.514. The highest BCUT2D eigenvalue weighted by atomic mass is 16.4. The first kappa shape index (κ1) is 24.2. The average molecular weight is 501 g/mol. The van der Waals surface area contributed by atoms with E-state index in [0.29, 0.717) is 11.8 Å². The number of nitrogens with zero attached hydrogens (tertiary/aromatic N) is 2. The molecule has 0 saturated heterocycles. The lowest BCUT2D eigenvalue weighted by molar-refractivity contribution is 0.584. The van der Waals surface area contributed by atoms with E-state index in [1.807, 2.05) is 42.5 Å². The van der Waals surface area contributed by atoms with Gasteiger partial charge in [0.1, 0.15) is 11.2 Å². The van der Waals surface area contributed by atoms with Gasteiger partial charge in [-0.05, 0) is 90.9 Å². The SMILES string of the molecule is CCCCc1ccc2oc3c(-c4ccc(-c5nnc(-c6ccccc6)o5)cc4)cc(CCCC)cc3c2c1. The highest BCUT2D eigenvalue weighted by molar-refractivity contribution is 6.10. The lowest BCUT2D eigenvalue weighted by Gasteiger charge is -2.08. The summed E-state index contributed by atoms with van der Waals surface area (Å²) in [6.07, 6.45) is 6.90. The van der Waals surface area contributed by atoms with Crippen molar-refractivity contribution < 1.29 is 8.83 Å². The number of unbranched alkanes of at least 4 members (excludes halogenated alkanes) is 2. The third-order valence-corrected chi connectivity index (χ3v) is 7.22. The molecule has 0 radical (unpaired) electrons. The van der Waals surface area contributed by atoms with Gasteiger partial charge in [-0.1, -0.05) is 63.1 Å². The molecule has 0 N–H and O–H groups in total. The number of hydrogen-bond acceptors (Lipinski definition) is 4. The van der Waals surface area contributed by atoms with E-state index in [2.05, 4.69) is 66.5 Å². The summed E-state index contributed by atoms with van der Waals surface area (Å²) in [5.74, 6) is 1.04. The fourth-order valence-corrected chi connectivity index (χ4v) is 5.09. The first-order valence-corrected chi connectivity index (χ1v) is 13.7. The van der Waals surface area contributed by atoms with Crippen LogP contribution in [0.15, 0.2) is 93.8 Å². The summed E-state index contributed by atoms with van der Waals surface area (Å²) in [7, 11) is 0. The largest absolute Gasteiger partial charge is 0.455 e. The first-order chi connectivity index (χ1) is 18.7. The molecule has 0 aliphatic heterocycles. The van der Waals surface area contributed by atoms with Crippen molar-refractivity contribution in [2.75, 3.05) is 0 Å². The molecule has 38 heavy (non-hydrogen) atoms. The monoisotopic (exact) mass is 500 g/mol. The Labute approximate surface area is 223 Å². The van der Waals surface area contributed by atoms with E-state index >= 15 is 0 Å². The van der Waals surface area contributed by atoms with Crippen LogP contribution >= 0.6 is 0 Å². The van der Waals surface area contributed by atoms with E-state index in [-0.39, 0.29) is 0 Å². The van der Waals surface area contributed by atoms with Crippen LogP contribution in [0.4, 0.5) is 0 Å². The highest BCUT2D eigenvalue weighted by Gasteiger charge is 2.16. The van der Waals surface area contributed by atoms with E-state index in [1.54, 1.807) is 0 Å². The molecule has 190 valence electrons. The third-order valence-electron chi connectivity index (χ3n) is 7.22. The Balaban J connectivity index is 1.40. The Morgan fingerprint density at radius 1 is 0.579 bits per heavy atom. The Morgan fingerprint density at radius 3 is 1.92 bits per heavy atom. The number of hydrogen-bond donors (Lipinski definition) is 0. The van der Waals surface area contributed by atoms with Crippen molar-refractivity contribution in [2.24, 2.45) is 0 Å². The Bertz CT molecular complexity index is 1680. The second kappa shape index (κ2) is 10.7. The predicted octanol–water partition coefficient (Wildman–Crippen LogP) is 9.66. The molecule has 0 fully saturated rings. The minimum Gasteiger partial charge on any atom is -0.455 e. The number of aromatic nitrogens is 2. The second-order valence-corrected chi connectivity index (χ2v) is 10.0. The number of benzene rings is 4. The fraction of sp³-hybridized carbons (Fsp3) is 0.235. The van der Waals surface area contributed by atoms with E-state index < -0.39 is 0 Å². The van der Waals surface area contributed by atoms with Crippen LogP contribution in [0.1, 0.15) is 50.7 Å². The van der Waals surface area contributed by atoms with Crippen molar-refractivity contribution in [1.29, 1.82) is 0 Å². The zero-order valence-corrected chi connectivity index (χ0v) is 22.0. The zero-order valence-electron chi connectivity index (χ0n) is 22.0. The smallest absolute Gasteiger partial charge is 0.248 e. The maximum Gasteiger partial charge on any atom is 0.248 e. The molecule has 0 bridgehead atoms. The lowest BCUT2D eigenvalue weighted by atomic mass is 9.96. The molecule has 0 spiro atoms. The molecule has 4 aromatic carbocycles. The molecule has 4 heteroatoms. The van der Waals surface area contributed by atoms with Gasteiger partial charge in [0.25, 0.3) is 0 Å². The number of rotatable bonds is 9. The second-order valence-electron chi connectivity index (χ2n) is 10.0. The maximum absolute atomic E-state index is 6.48. The molecular weight excluding hydrogens is 468 g/mol. The van der Waals surface area contributed by atoms with Gasteiger partial charge in [-0.2, -0.15) is 0 Å². The van der Waals surface area contributed by atoms with Crippen molar-refractivity contribution in [3.05, 3.63) is 96.1 Å². The Kier molecular flexibility index (Phi) is 6.78. The van der Waals surface area contributed by atoms with E-state index in [4.69, 9.17) is 8.83 Å². The van der Waals surface area contributed by atoms with Gasteiger partial charge < -0.3 is 8.83 Å². The van der Waals surface area contributed by atoms with Crippen LogP contribution in [0.5, 0.6) is 0 Å². The van der Waals surface area contributed by atoms with E-state index in [9.17, 15) is 0 Å². The van der Waals surface area contributed by atoms with Crippen molar-refractivity contribution in [3.8, 4) is 34.0 Å². The maximum atomic E-state index is 6.48. The third kappa shape index (κ3) is 4.74. The molecule has 6 rings (SSSR count). The molecular formula is C34H32N2O2. The van der Waals surface area contributed by atoms with Crippen molar-refractivity contribution in [1.82, 2.24) is 10.2 Å². The topological polar surface area (TPSA) is 52.1 Å². The van der Waals surface area contributed by atoms with Crippen LogP contribution in [0.3, 0.4) is 0 Å². The predicted molar refractivity (Wildman–Crippen MR) is 155 cm³/mol. The molecule has 0 aliphatic carbocycles. The van der Waals surface area contributed by atoms with Crippen LogP contribution in [0.25, 0.3) is 56.0 Å². The van der Waals surface area contributed by atoms with Crippen LogP contribution in [-0.2, 0) is 12.8 Å². The van der Waals surface area contributed by atoms with Gasteiger partial charge in [0.15, 0.2) is 0 Å². The number of aryl methyl sites for hydroxylation is 2. The summed E-state index contributed by atoms with van der Waals surface area (Å²) >= 11 is 0. The van der Waals surface area contributed by atoms with Gasteiger partial charge in [0.05, 0.1) is 0 Å².